The predicted molar refractivity (Wildman–Crippen MR) is 53.2 cm³/mol. The Bertz CT molecular complexity index is 254. The van der Waals surface area contributed by atoms with Crippen molar-refractivity contribution in [3.8, 4) is 0 Å². The summed E-state index contributed by atoms with van der Waals surface area (Å²) in [7, 11) is 0. The van der Waals surface area contributed by atoms with Gasteiger partial charge < -0.3 is 10.2 Å². The van der Waals surface area contributed by atoms with E-state index >= 15 is 0 Å². The van der Waals surface area contributed by atoms with Crippen molar-refractivity contribution in [2.75, 3.05) is 6.61 Å². The smallest absolute Gasteiger partial charge is 0.0746 e. The minimum atomic E-state index is -0.551. The zero-order valence-corrected chi connectivity index (χ0v) is 7.43. The van der Waals surface area contributed by atoms with Crippen LogP contribution in [0.3, 0.4) is 0 Å². The molecule has 2 N–H and O–H groups in total. The largest absolute Gasteiger partial charge is 0.396 e. The summed E-state index contributed by atoms with van der Waals surface area (Å²) in [6.07, 6.45) is 3.38. The lowest BCUT2D eigenvalue weighted by Gasteiger charge is -2.00. The summed E-state index contributed by atoms with van der Waals surface area (Å²) in [6, 6.07) is 9.75. The number of aliphatic hydroxyl groups excluding tert-OH is 2. The molecule has 0 amide bonds. The van der Waals surface area contributed by atoms with Crippen molar-refractivity contribution in [1.29, 1.82) is 0 Å². The molecule has 0 spiro atoms. The van der Waals surface area contributed by atoms with E-state index in [1.165, 1.54) is 0 Å². The van der Waals surface area contributed by atoms with Gasteiger partial charge in [0.1, 0.15) is 0 Å². The minimum Gasteiger partial charge on any atom is -0.396 e. The summed E-state index contributed by atoms with van der Waals surface area (Å²) < 4.78 is 0. The fraction of sp³-hybridized carbons (Fsp3) is 0.273. The van der Waals surface area contributed by atoms with Crippen LogP contribution in [0.2, 0.25) is 0 Å². The van der Waals surface area contributed by atoms with Crippen molar-refractivity contribution < 1.29 is 10.2 Å². The zero-order chi connectivity index (χ0) is 9.52. The number of aliphatic hydroxyl groups is 2. The summed E-state index contributed by atoms with van der Waals surface area (Å²) in [5.74, 6) is 0. The molecule has 0 heterocycles. The SMILES string of the molecule is OCCC(O)/C=C/c1ccccc1. The molecular weight excluding hydrogens is 164 g/mol. The molecule has 0 aliphatic carbocycles. The number of benzene rings is 1. The van der Waals surface area contributed by atoms with Crippen LogP contribution in [0, 0.1) is 0 Å². The third kappa shape index (κ3) is 3.87. The molecule has 13 heavy (non-hydrogen) atoms. The minimum absolute atomic E-state index is 0.0142. The summed E-state index contributed by atoms with van der Waals surface area (Å²) in [4.78, 5) is 0. The summed E-state index contributed by atoms with van der Waals surface area (Å²) >= 11 is 0. The van der Waals surface area contributed by atoms with E-state index in [4.69, 9.17) is 5.11 Å². The topological polar surface area (TPSA) is 40.5 Å². The van der Waals surface area contributed by atoms with Gasteiger partial charge in [-0.1, -0.05) is 42.5 Å². The van der Waals surface area contributed by atoms with E-state index in [0.717, 1.165) is 5.56 Å². The van der Waals surface area contributed by atoms with Crippen LogP contribution in [-0.4, -0.2) is 22.9 Å². The van der Waals surface area contributed by atoms with Crippen LogP contribution in [0.5, 0.6) is 0 Å². The van der Waals surface area contributed by atoms with Gasteiger partial charge in [0, 0.05) is 6.61 Å². The van der Waals surface area contributed by atoms with Gasteiger partial charge in [0.25, 0.3) is 0 Å². The van der Waals surface area contributed by atoms with Crippen LogP contribution in [0.4, 0.5) is 0 Å². The van der Waals surface area contributed by atoms with E-state index in [9.17, 15) is 5.11 Å². The second kappa shape index (κ2) is 5.51. The quantitative estimate of drug-likeness (QED) is 0.732. The average molecular weight is 178 g/mol. The van der Waals surface area contributed by atoms with E-state index in [-0.39, 0.29) is 6.61 Å². The van der Waals surface area contributed by atoms with Crippen molar-refractivity contribution in [2.24, 2.45) is 0 Å². The maximum Gasteiger partial charge on any atom is 0.0746 e. The van der Waals surface area contributed by atoms with E-state index in [1.807, 2.05) is 36.4 Å². The maximum atomic E-state index is 9.26. The van der Waals surface area contributed by atoms with Gasteiger partial charge in [-0.3, -0.25) is 0 Å². The van der Waals surface area contributed by atoms with Crippen LogP contribution in [0.15, 0.2) is 36.4 Å². The van der Waals surface area contributed by atoms with E-state index in [0.29, 0.717) is 6.42 Å². The molecule has 1 aromatic rings. The molecule has 2 nitrogen and oxygen atoms in total. The second-order valence-electron chi connectivity index (χ2n) is 2.85. The first-order valence-corrected chi connectivity index (χ1v) is 4.35. The molecule has 0 radical (unpaired) electrons. The Morgan fingerprint density at radius 1 is 1.23 bits per heavy atom. The molecule has 1 rings (SSSR count). The van der Waals surface area contributed by atoms with E-state index < -0.39 is 6.10 Å². The first-order chi connectivity index (χ1) is 6.33. The van der Waals surface area contributed by atoms with Gasteiger partial charge in [-0.05, 0) is 12.0 Å². The highest BCUT2D eigenvalue weighted by molar-refractivity contribution is 5.49. The summed E-state index contributed by atoms with van der Waals surface area (Å²) in [6.45, 7) is 0.0142. The van der Waals surface area contributed by atoms with Gasteiger partial charge in [-0.15, -0.1) is 0 Å². The predicted octanol–water partition coefficient (Wildman–Crippen LogP) is 1.44. The van der Waals surface area contributed by atoms with Crippen molar-refractivity contribution in [2.45, 2.75) is 12.5 Å². The van der Waals surface area contributed by atoms with Crippen LogP contribution in [0.25, 0.3) is 6.08 Å². The van der Waals surface area contributed by atoms with E-state index in [1.54, 1.807) is 6.08 Å². The Morgan fingerprint density at radius 2 is 1.92 bits per heavy atom. The highest BCUT2D eigenvalue weighted by Crippen LogP contribution is 2.03. The Kier molecular flexibility index (Phi) is 4.23. The van der Waals surface area contributed by atoms with Crippen LogP contribution in [0.1, 0.15) is 12.0 Å². The van der Waals surface area contributed by atoms with Crippen molar-refractivity contribution in [3.63, 3.8) is 0 Å². The normalized spacial score (nSPS) is 13.4. The second-order valence-corrected chi connectivity index (χ2v) is 2.85. The average Bonchev–Trinajstić information content (AvgIpc) is 2.17. The van der Waals surface area contributed by atoms with Crippen LogP contribution in [-0.2, 0) is 0 Å². The summed E-state index contributed by atoms with van der Waals surface area (Å²) in [5, 5.41) is 17.8. The maximum absolute atomic E-state index is 9.26. The van der Waals surface area contributed by atoms with E-state index in [2.05, 4.69) is 0 Å². The van der Waals surface area contributed by atoms with Gasteiger partial charge >= 0.3 is 0 Å². The van der Waals surface area contributed by atoms with Crippen molar-refractivity contribution in [3.05, 3.63) is 42.0 Å². The first-order valence-electron chi connectivity index (χ1n) is 4.35. The zero-order valence-electron chi connectivity index (χ0n) is 7.43. The van der Waals surface area contributed by atoms with Gasteiger partial charge in [0.15, 0.2) is 0 Å². The molecule has 0 saturated carbocycles. The Labute approximate surface area is 78.2 Å². The number of hydrogen-bond acceptors (Lipinski definition) is 2. The molecule has 0 saturated heterocycles. The monoisotopic (exact) mass is 178 g/mol. The third-order valence-electron chi connectivity index (χ3n) is 1.74. The first kappa shape index (κ1) is 9.96. The Hall–Kier alpha value is -1.12. The lowest BCUT2D eigenvalue weighted by Crippen LogP contribution is -2.03. The molecule has 1 unspecified atom stereocenters. The molecule has 1 atom stereocenters. The lowest BCUT2D eigenvalue weighted by atomic mass is 10.1. The fourth-order valence-electron chi connectivity index (χ4n) is 1.01. The van der Waals surface area contributed by atoms with Crippen molar-refractivity contribution in [1.82, 2.24) is 0 Å². The third-order valence-corrected chi connectivity index (χ3v) is 1.74. The molecule has 2 heteroatoms. The van der Waals surface area contributed by atoms with Crippen LogP contribution < -0.4 is 0 Å². The van der Waals surface area contributed by atoms with Gasteiger partial charge in [0.2, 0.25) is 0 Å². The molecule has 0 aliphatic rings. The molecular formula is C11H14O2. The van der Waals surface area contributed by atoms with Crippen LogP contribution >= 0.6 is 0 Å². The van der Waals surface area contributed by atoms with Crippen molar-refractivity contribution >= 4 is 6.08 Å². The molecule has 70 valence electrons. The lowest BCUT2D eigenvalue weighted by molar-refractivity contribution is 0.171. The molecule has 1 aromatic carbocycles. The Morgan fingerprint density at radius 3 is 2.54 bits per heavy atom. The highest BCUT2D eigenvalue weighted by atomic mass is 16.3. The van der Waals surface area contributed by atoms with Gasteiger partial charge in [0.05, 0.1) is 6.10 Å². The molecule has 0 aromatic heterocycles. The molecule has 0 bridgehead atoms. The number of rotatable bonds is 4. The fourth-order valence-corrected chi connectivity index (χ4v) is 1.01. The number of hydrogen-bond donors (Lipinski definition) is 2. The standard InChI is InChI=1S/C11H14O2/c12-9-8-11(13)7-6-10-4-2-1-3-5-10/h1-7,11-13H,8-9H2/b7-6+. The Balaban J connectivity index is 2.49. The molecule has 0 aliphatic heterocycles. The van der Waals surface area contributed by atoms with Gasteiger partial charge in [-0.25, -0.2) is 0 Å². The summed E-state index contributed by atoms with van der Waals surface area (Å²) in [5.41, 5.74) is 1.06. The highest BCUT2D eigenvalue weighted by Gasteiger charge is 1.95. The van der Waals surface area contributed by atoms with Gasteiger partial charge in [-0.2, -0.15) is 0 Å². The molecule has 0 fully saturated rings.